The number of benzene rings is 1. The first kappa shape index (κ1) is 16.7. The normalized spacial score (nSPS) is 11.0. The van der Waals surface area contributed by atoms with Crippen LogP contribution in [-0.4, -0.2) is 30.5 Å². The zero-order valence-electron chi connectivity index (χ0n) is 14.4. The number of rotatable bonds is 5. The molecule has 0 saturated heterocycles. The van der Waals surface area contributed by atoms with Gasteiger partial charge in [0.2, 0.25) is 0 Å². The average Bonchev–Trinajstić information content (AvgIpc) is 3.31. The Hall–Kier alpha value is -3.75. The van der Waals surface area contributed by atoms with E-state index in [0.29, 0.717) is 22.5 Å². The van der Waals surface area contributed by atoms with Crippen LogP contribution in [0, 0.1) is 0 Å². The van der Waals surface area contributed by atoms with Gasteiger partial charge >= 0.3 is 5.97 Å². The number of esters is 1. The Morgan fingerprint density at radius 3 is 2.89 bits per heavy atom. The number of carbonyl (C=O) groups excluding carboxylic acids is 1. The van der Waals surface area contributed by atoms with Gasteiger partial charge in [0.15, 0.2) is 18.0 Å². The lowest BCUT2D eigenvalue weighted by atomic mass is 10.1. The smallest absolute Gasteiger partial charge is 0.326 e. The summed E-state index contributed by atoms with van der Waals surface area (Å²) in [7, 11) is 1.69. The van der Waals surface area contributed by atoms with Crippen molar-refractivity contribution >= 4 is 17.0 Å². The van der Waals surface area contributed by atoms with E-state index >= 15 is 0 Å². The number of nitrogens with zero attached hydrogens (tertiary/aromatic N) is 5. The van der Waals surface area contributed by atoms with Crippen molar-refractivity contribution in [3.8, 4) is 11.3 Å². The van der Waals surface area contributed by atoms with E-state index in [-0.39, 0.29) is 18.7 Å². The van der Waals surface area contributed by atoms with Gasteiger partial charge in [-0.2, -0.15) is 5.10 Å². The Morgan fingerprint density at radius 1 is 1.26 bits per heavy atom. The van der Waals surface area contributed by atoms with Gasteiger partial charge in [0.25, 0.3) is 5.56 Å². The Bertz CT molecular complexity index is 1160. The van der Waals surface area contributed by atoms with Crippen molar-refractivity contribution in [1.29, 1.82) is 0 Å². The lowest BCUT2D eigenvalue weighted by Crippen LogP contribution is -2.25. The number of aryl methyl sites for hydroxylation is 1. The lowest BCUT2D eigenvalue weighted by molar-refractivity contribution is -0.146. The number of aromatic nitrogens is 5. The molecule has 27 heavy (non-hydrogen) atoms. The fraction of sp³-hybridized carbons (Fsp3) is 0.167. The molecule has 0 bridgehead atoms. The molecule has 136 valence electrons. The van der Waals surface area contributed by atoms with Crippen molar-refractivity contribution in [3.05, 3.63) is 65.0 Å². The highest BCUT2D eigenvalue weighted by Crippen LogP contribution is 2.18. The van der Waals surface area contributed by atoms with E-state index in [1.807, 2.05) is 30.3 Å². The second kappa shape index (κ2) is 6.87. The van der Waals surface area contributed by atoms with E-state index in [4.69, 9.17) is 9.26 Å². The summed E-state index contributed by atoms with van der Waals surface area (Å²) in [4.78, 5) is 28.5. The average molecular weight is 365 g/mol. The van der Waals surface area contributed by atoms with Gasteiger partial charge < -0.3 is 9.26 Å². The molecule has 4 rings (SSSR count). The first-order valence-electron chi connectivity index (χ1n) is 8.15. The third-order valence-electron chi connectivity index (χ3n) is 4.02. The fourth-order valence-corrected chi connectivity index (χ4v) is 2.64. The van der Waals surface area contributed by atoms with Gasteiger partial charge in [-0.15, -0.1) is 0 Å². The molecule has 0 atom stereocenters. The van der Waals surface area contributed by atoms with Crippen LogP contribution in [0.2, 0.25) is 0 Å². The number of fused-ring (bicyclic) bond motifs is 1. The SMILES string of the molecule is Cn1ncc2c(=O)n(CC(=O)OCc3cc(-c4ccccc4)no3)cnc21. The molecule has 0 unspecified atom stereocenters. The molecule has 0 amide bonds. The van der Waals surface area contributed by atoms with Crippen LogP contribution in [0.25, 0.3) is 22.3 Å². The van der Waals surface area contributed by atoms with E-state index in [0.717, 1.165) is 5.56 Å². The molecule has 1 aromatic carbocycles. The van der Waals surface area contributed by atoms with Crippen LogP contribution in [0.3, 0.4) is 0 Å². The highest BCUT2D eigenvalue weighted by atomic mass is 16.5. The summed E-state index contributed by atoms with van der Waals surface area (Å²) >= 11 is 0. The van der Waals surface area contributed by atoms with Crippen molar-refractivity contribution in [2.75, 3.05) is 0 Å². The predicted molar refractivity (Wildman–Crippen MR) is 94.5 cm³/mol. The molecule has 0 radical (unpaired) electrons. The first-order chi connectivity index (χ1) is 13.1. The lowest BCUT2D eigenvalue weighted by Gasteiger charge is -2.05. The van der Waals surface area contributed by atoms with E-state index in [1.54, 1.807) is 13.1 Å². The number of hydrogen-bond donors (Lipinski definition) is 0. The van der Waals surface area contributed by atoms with Gasteiger partial charge in [-0.1, -0.05) is 35.5 Å². The molecule has 0 N–H and O–H groups in total. The molecular formula is C18H15N5O4. The molecule has 0 spiro atoms. The quantitative estimate of drug-likeness (QED) is 0.494. The van der Waals surface area contributed by atoms with Crippen LogP contribution in [0.4, 0.5) is 0 Å². The fourth-order valence-electron chi connectivity index (χ4n) is 2.64. The van der Waals surface area contributed by atoms with Crippen LogP contribution in [0.15, 0.2) is 58.2 Å². The van der Waals surface area contributed by atoms with Crippen LogP contribution in [0.1, 0.15) is 5.76 Å². The van der Waals surface area contributed by atoms with Gasteiger partial charge in [0.1, 0.15) is 24.0 Å². The van der Waals surface area contributed by atoms with Gasteiger partial charge in [-0.3, -0.25) is 18.8 Å². The summed E-state index contributed by atoms with van der Waals surface area (Å²) in [6.45, 7) is -0.327. The minimum atomic E-state index is -0.584. The summed E-state index contributed by atoms with van der Waals surface area (Å²) in [6.07, 6.45) is 2.72. The standard InChI is InChI=1S/C18H15N5O4/c1-22-17-14(8-20-22)18(25)23(11-19-17)9-16(24)26-10-13-7-15(21-27-13)12-5-3-2-4-6-12/h2-8,11H,9-10H2,1H3. The number of carbonyl (C=O) groups is 1. The minimum absolute atomic E-state index is 0.0734. The molecule has 9 nitrogen and oxygen atoms in total. The van der Waals surface area contributed by atoms with Gasteiger partial charge in [-0.05, 0) is 0 Å². The van der Waals surface area contributed by atoms with Crippen molar-refractivity contribution < 1.29 is 14.1 Å². The molecule has 3 aromatic heterocycles. The monoisotopic (exact) mass is 365 g/mol. The zero-order chi connectivity index (χ0) is 18.8. The summed E-state index contributed by atoms with van der Waals surface area (Å²) in [5.41, 5.74) is 1.67. The van der Waals surface area contributed by atoms with E-state index < -0.39 is 5.97 Å². The summed E-state index contributed by atoms with van der Waals surface area (Å²) < 4.78 is 13.0. The van der Waals surface area contributed by atoms with Crippen molar-refractivity contribution in [1.82, 2.24) is 24.5 Å². The number of ether oxygens (including phenoxy) is 1. The minimum Gasteiger partial charge on any atom is -0.456 e. The third-order valence-corrected chi connectivity index (χ3v) is 4.02. The third kappa shape index (κ3) is 3.34. The molecule has 4 aromatic rings. The molecule has 0 fully saturated rings. The maximum atomic E-state index is 12.3. The molecule has 0 saturated carbocycles. The molecule has 9 heteroatoms. The number of hydrogen-bond acceptors (Lipinski definition) is 7. The molecular weight excluding hydrogens is 350 g/mol. The maximum absolute atomic E-state index is 12.3. The Labute approximate surface area is 152 Å². The van der Waals surface area contributed by atoms with E-state index in [1.165, 1.54) is 21.8 Å². The molecule has 3 heterocycles. The first-order valence-corrected chi connectivity index (χ1v) is 8.15. The second-order valence-electron chi connectivity index (χ2n) is 5.89. The van der Waals surface area contributed by atoms with Crippen molar-refractivity contribution in [2.45, 2.75) is 13.2 Å². The van der Waals surface area contributed by atoms with Gasteiger partial charge in [-0.25, -0.2) is 4.98 Å². The summed E-state index contributed by atoms with van der Waals surface area (Å²) in [5, 5.41) is 8.29. The Kier molecular flexibility index (Phi) is 4.25. The van der Waals surface area contributed by atoms with Crippen LogP contribution in [-0.2, 0) is 29.7 Å². The highest BCUT2D eigenvalue weighted by Gasteiger charge is 2.13. The second-order valence-corrected chi connectivity index (χ2v) is 5.89. The molecule has 0 aliphatic heterocycles. The summed E-state index contributed by atoms with van der Waals surface area (Å²) in [5.74, 6) is -0.171. The topological polar surface area (TPSA) is 105 Å². The Morgan fingerprint density at radius 2 is 2.07 bits per heavy atom. The summed E-state index contributed by atoms with van der Waals surface area (Å²) in [6, 6.07) is 11.2. The van der Waals surface area contributed by atoms with Crippen LogP contribution in [0.5, 0.6) is 0 Å². The van der Waals surface area contributed by atoms with Gasteiger partial charge in [0.05, 0.1) is 6.20 Å². The maximum Gasteiger partial charge on any atom is 0.326 e. The zero-order valence-corrected chi connectivity index (χ0v) is 14.4. The van der Waals surface area contributed by atoms with Crippen molar-refractivity contribution in [2.24, 2.45) is 7.05 Å². The highest BCUT2D eigenvalue weighted by molar-refractivity contribution is 5.74. The molecule has 0 aliphatic carbocycles. The van der Waals surface area contributed by atoms with Gasteiger partial charge in [0, 0.05) is 18.7 Å². The Balaban J connectivity index is 1.41. The van der Waals surface area contributed by atoms with E-state index in [9.17, 15) is 9.59 Å². The largest absolute Gasteiger partial charge is 0.456 e. The van der Waals surface area contributed by atoms with Crippen LogP contribution >= 0.6 is 0 Å². The van der Waals surface area contributed by atoms with Crippen molar-refractivity contribution in [3.63, 3.8) is 0 Å². The predicted octanol–water partition coefficient (Wildman–Crippen LogP) is 1.53. The van der Waals surface area contributed by atoms with E-state index in [2.05, 4.69) is 15.2 Å². The van der Waals surface area contributed by atoms with Crippen LogP contribution < -0.4 is 5.56 Å². The molecule has 0 aliphatic rings.